The molecule has 7 N–H and O–H groups in total. The average Bonchev–Trinajstić information content (AvgIpc) is 3.18. The zero-order valence-electron chi connectivity index (χ0n) is 37.8. The fourth-order valence-electron chi connectivity index (χ4n) is 7.87. The molecule has 0 aromatic heterocycles. The van der Waals surface area contributed by atoms with Gasteiger partial charge in [0.2, 0.25) is 23.6 Å². The first-order valence-electron chi connectivity index (χ1n) is 23.9. The Hall–Kier alpha value is -2.05. The lowest BCUT2D eigenvalue weighted by atomic mass is 9.95. The normalized spacial score (nSPS) is 20.7. The Balaban J connectivity index is 3.01. The molecule has 1 aliphatic heterocycles. The van der Waals surface area contributed by atoms with Crippen LogP contribution < -0.4 is 16.4 Å². The molecule has 1 saturated heterocycles. The first-order valence-corrected chi connectivity index (χ1v) is 23.9. The fraction of sp³-hybridized carbons (Fsp3) is 0.894. The van der Waals surface area contributed by atoms with Crippen LogP contribution in [-0.4, -0.2) is 87.3 Å². The molecule has 1 rings (SSSR count). The van der Waals surface area contributed by atoms with Crippen LogP contribution in [0.5, 0.6) is 0 Å². The second-order valence-electron chi connectivity index (χ2n) is 17.6. The number of unbranched alkanes of at least 4 members (excludes halogenated alkanes) is 22. The highest BCUT2D eigenvalue weighted by Crippen LogP contribution is 2.33. The number of nitrogens with zero attached hydrogens (tertiary/aromatic N) is 1. The predicted molar refractivity (Wildman–Crippen MR) is 237 cm³/mol. The molecule has 1 aliphatic rings. The maximum absolute atomic E-state index is 14.3. The van der Waals surface area contributed by atoms with Gasteiger partial charge >= 0.3 is 0 Å². The van der Waals surface area contributed by atoms with E-state index >= 15 is 0 Å². The van der Waals surface area contributed by atoms with Gasteiger partial charge in [-0.1, -0.05) is 162 Å². The number of rotatable bonds is 36. The summed E-state index contributed by atoms with van der Waals surface area (Å²) in [6.45, 7) is 9.54. The van der Waals surface area contributed by atoms with Crippen molar-refractivity contribution in [3.63, 3.8) is 0 Å². The Kier molecular flexibility index (Phi) is 31.3. The van der Waals surface area contributed by atoms with Crippen molar-refractivity contribution < 1.29 is 34.4 Å². The summed E-state index contributed by atoms with van der Waals surface area (Å²) in [5.74, 6) is -3.10. The molecule has 58 heavy (non-hydrogen) atoms. The van der Waals surface area contributed by atoms with Crippen LogP contribution in [0.3, 0.4) is 0 Å². The molecule has 340 valence electrons. The summed E-state index contributed by atoms with van der Waals surface area (Å²) in [7, 11) is 0. The average molecular weight is 823 g/mol. The van der Waals surface area contributed by atoms with Gasteiger partial charge < -0.3 is 36.4 Å². The molecule has 0 radical (unpaired) electrons. The van der Waals surface area contributed by atoms with Crippen LogP contribution in [0.4, 0.5) is 0 Å². The molecule has 0 spiro atoms. The predicted octanol–water partition coefficient (Wildman–Crippen LogP) is 8.70. The van der Waals surface area contributed by atoms with Crippen LogP contribution in [0, 0.1) is 5.92 Å². The van der Waals surface area contributed by atoms with Crippen LogP contribution in [0.1, 0.15) is 214 Å². The number of carbonyl (C=O) groups is 3. The van der Waals surface area contributed by atoms with Crippen LogP contribution in [0.2, 0.25) is 0 Å². The zero-order valence-corrected chi connectivity index (χ0v) is 37.8. The minimum absolute atomic E-state index is 0.0323. The zero-order chi connectivity index (χ0) is 43.0. The molecule has 1 heterocycles. The van der Waals surface area contributed by atoms with E-state index < -0.39 is 54.7 Å². The van der Waals surface area contributed by atoms with Gasteiger partial charge in [-0.2, -0.15) is 0 Å². The Morgan fingerprint density at radius 1 is 0.724 bits per heavy atom. The largest absolute Gasteiger partial charge is 0.394 e. The van der Waals surface area contributed by atoms with Crippen molar-refractivity contribution in [3.8, 4) is 0 Å². The maximum Gasteiger partial charge on any atom is 0.246 e. The number of carbonyl (C=O) groups excluding carboxylic acids is 3. The molecule has 1 fully saturated rings. The molecule has 0 aromatic carbocycles. The lowest BCUT2D eigenvalue weighted by Crippen LogP contribution is -2.72. The van der Waals surface area contributed by atoms with Gasteiger partial charge in [0.25, 0.3) is 0 Å². The molecule has 0 saturated carbocycles. The number of amides is 3. The van der Waals surface area contributed by atoms with Crippen molar-refractivity contribution in [2.75, 3.05) is 13.2 Å². The molecule has 11 heteroatoms. The quantitative estimate of drug-likeness (QED) is 0.0207. The summed E-state index contributed by atoms with van der Waals surface area (Å²) in [5, 5.41) is 37.8. The monoisotopic (exact) mass is 823 g/mol. The van der Waals surface area contributed by atoms with Crippen molar-refractivity contribution in [1.82, 2.24) is 15.5 Å². The number of nitrogens with two attached hydrogens (primary N) is 1. The molecule has 0 bridgehead atoms. The Labute approximate surface area is 354 Å². The van der Waals surface area contributed by atoms with Crippen LogP contribution in [0.25, 0.3) is 0 Å². The minimum atomic E-state index is -1.84. The van der Waals surface area contributed by atoms with E-state index in [0.29, 0.717) is 19.3 Å². The second kappa shape index (κ2) is 33.6. The third kappa shape index (κ3) is 23.7. The van der Waals surface area contributed by atoms with Gasteiger partial charge in [-0.25, -0.2) is 0 Å². The minimum Gasteiger partial charge on any atom is -0.394 e. The smallest absolute Gasteiger partial charge is 0.246 e. The molecule has 0 unspecified atom stereocenters. The number of nitrogens with one attached hydrogen (secondary N) is 2. The summed E-state index contributed by atoms with van der Waals surface area (Å²) in [6.07, 6.45) is 29.6. The fourth-order valence-corrected chi connectivity index (χ4v) is 7.87. The van der Waals surface area contributed by atoms with Gasteiger partial charge in [0.05, 0.1) is 18.8 Å². The van der Waals surface area contributed by atoms with Gasteiger partial charge in [-0.05, 0) is 57.8 Å². The van der Waals surface area contributed by atoms with Crippen molar-refractivity contribution in [1.29, 1.82) is 0 Å². The number of allylic oxidation sites excluding steroid dienone is 2. The van der Waals surface area contributed by atoms with Crippen LogP contribution >= 0.6 is 0 Å². The van der Waals surface area contributed by atoms with E-state index in [2.05, 4.69) is 36.6 Å². The highest BCUT2D eigenvalue weighted by atomic mass is 16.6. The highest BCUT2D eigenvalue weighted by Gasteiger charge is 2.52. The van der Waals surface area contributed by atoms with Crippen molar-refractivity contribution in [2.45, 2.75) is 251 Å². The van der Waals surface area contributed by atoms with Gasteiger partial charge in [0, 0.05) is 19.4 Å². The number of hydrogen-bond acceptors (Lipinski definition) is 8. The van der Waals surface area contributed by atoms with E-state index in [4.69, 9.17) is 10.5 Å². The first kappa shape index (κ1) is 54.0. The van der Waals surface area contributed by atoms with E-state index in [1.165, 1.54) is 94.8 Å². The van der Waals surface area contributed by atoms with E-state index in [-0.39, 0.29) is 31.2 Å². The molecular weight excluding hydrogens is 733 g/mol. The van der Waals surface area contributed by atoms with Crippen molar-refractivity contribution in [3.05, 3.63) is 12.2 Å². The maximum atomic E-state index is 14.3. The van der Waals surface area contributed by atoms with E-state index in [1.54, 1.807) is 6.92 Å². The highest BCUT2D eigenvalue weighted by molar-refractivity contribution is 5.90. The number of ether oxygens (including phenoxy) is 1. The third-order valence-electron chi connectivity index (χ3n) is 11.5. The Morgan fingerprint density at radius 2 is 1.19 bits per heavy atom. The van der Waals surface area contributed by atoms with Crippen LogP contribution in [0.15, 0.2) is 12.2 Å². The summed E-state index contributed by atoms with van der Waals surface area (Å²) < 4.78 is 6.32. The van der Waals surface area contributed by atoms with Crippen molar-refractivity contribution in [2.24, 2.45) is 11.7 Å². The van der Waals surface area contributed by atoms with E-state index in [1.807, 2.05) is 13.8 Å². The lowest BCUT2D eigenvalue weighted by Gasteiger charge is -2.51. The molecular formula is C47H90N4O7. The van der Waals surface area contributed by atoms with Gasteiger partial charge in [-0.3, -0.25) is 19.3 Å². The SMILES string of the molecule is CCCCCCCC/C=C\CCCCCCCC(=O)N(CCCCCCCCCCCCCC)[C@@]1(NC(=O)[C@H](CC(C)C)NC(=O)[C@H](C)N)C[C@@H](O)[C@H](O)[C@@H](CO)O1. The van der Waals surface area contributed by atoms with Gasteiger partial charge in [0.1, 0.15) is 18.2 Å². The number of hydrogen-bond donors (Lipinski definition) is 6. The first-order chi connectivity index (χ1) is 27.9. The molecule has 11 nitrogen and oxygen atoms in total. The third-order valence-corrected chi connectivity index (χ3v) is 11.5. The Morgan fingerprint density at radius 3 is 1.66 bits per heavy atom. The molecule has 6 atom stereocenters. The van der Waals surface area contributed by atoms with E-state index in [9.17, 15) is 29.7 Å². The lowest BCUT2D eigenvalue weighted by molar-refractivity contribution is -0.280. The summed E-state index contributed by atoms with van der Waals surface area (Å²) in [4.78, 5) is 42.6. The Bertz CT molecular complexity index is 1090. The molecule has 0 aliphatic carbocycles. The standard InChI is InChI=1S/C47H90N4O7/c1-6-8-10-12-14-16-18-20-21-22-23-25-27-29-31-33-43(54)51(34-32-30-28-26-24-19-17-15-13-11-9-7-2)47(36-41(53)44(55)42(37-52)58-47)50-46(57)40(35-38(3)4)49-45(56)39(5)48/h20-21,38-42,44,52-53,55H,6-19,22-37,48H2,1-5H3,(H,49,56)(H,50,57)/b21-20-/t39-,40-,41+,42+,44-,47-/m0/s1. The number of aliphatic hydroxyl groups excluding tert-OH is 3. The summed E-state index contributed by atoms with van der Waals surface area (Å²) in [5.41, 5.74) is 5.84. The summed E-state index contributed by atoms with van der Waals surface area (Å²) >= 11 is 0. The van der Waals surface area contributed by atoms with Gasteiger partial charge in [0.15, 0.2) is 0 Å². The second-order valence-corrected chi connectivity index (χ2v) is 17.6. The van der Waals surface area contributed by atoms with E-state index in [0.717, 1.165) is 57.8 Å². The van der Waals surface area contributed by atoms with Crippen LogP contribution in [-0.2, 0) is 19.1 Å². The molecule has 3 amide bonds. The summed E-state index contributed by atoms with van der Waals surface area (Å²) in [6, 6.07) is -1.82. The topological polar surface area (TPSA) is 174 Å². The van der Waals surface area contributed by atoms with Gasteiger partial charge in [-0.15, -0.1) is 0 Å². The molecule has 0 aromatic rings. The van der Waals surface area contributed by atoms with Crippen molar-refractivity contribution >= 4 is 17.7 Å². The number of aliphatic hydroxyl groups is 3.